The summed E-state index contributed by atoms with van der Waals surface area (Å²) in [6.45, 7) is 3.22. The SMILES string of the molecule is CN1CCCC(CNC(=O)CC2CC3CCC(C2)N3)C1. The van der Waals surface area contributed by atoms with Crippen LogP contribution in [0.1, 0.15) is 44.9 Å². The monoisotopic (exact) mass is 279 g/mol. The highest BCUT2D eigenvalue weighted by molar-refractivity contribution is 5.76. The standard InChI is InChI=1S/C16H29N3O/c1-19-6-2-3-12(11-19)10-17-16(20)9-13-7-14-4-5-15(8-13)18-14/h12-15,18H,2-11H2,1H3,(H,17,20). The first kappa shape index (κ1) is 14.3. The van der Waals surface area contributed by atoms with Crippen molar-refractivity contribution in [3.63, 3.8) is 0 Å². The molecule has 0 saturated carbocycles. The number of nitrogens with one attached hydrogen (secondary N) is 2. The molecule has 0 spiro atoms. The summed E-state index contributed by atoms with van der Waals surface area (Å²) in [6.07, 6.45) is 8.33. The van der Waals surface area contributed by atoms with Crippen LogP contribution in [0.4, 0.5) is 0 Å². The van der Waals surface area contributed by atoms with Gasteiger partial charge in [0.15, 0.2) is 0 Å². The van der Waals surface area contributed by atoms with Gasteiger partial charge in [-0.05, 0) is 64.0 Å². The first-order valence-corrected chi connectivity index (χ1v) is 8.40. The lowest BCUT2D eigenvalue weighted by Gasteiger charge is -2.31. The second-order valence-electron chi connectivity index (χ2n) is 7.25. The highest BCUT2D eigenvalue weighted by Gasteiger charge is 2.34. The highest BCUT2D eigenvalue weighted by atomic mass is 16.1. The second-order valence-corrected chi connectivity index (χ2v) is 7.25. The van der Waals surface area contributed by atoms with Gasteiger partial charge >= 0.3 is 0 Å². The predicted octanol–water partition coefficient (Wildman–Crippen LogP) is 1.37. The molecular weight excluding hydrogens is 250 g/mol. The molecule has 2 N–H and O–H groups in total. The molecule has 3 atom stereocenters. The van der Waals surface area contributed by atoms with E-state index in [0.29, 0.717) is 23.9 Å². The van der Waals surface area contributed by atoms with Crippen LogP contribution in [0.5, 0.6) is 0 Å². The zero-order valence-corrected chi connectivity index (χ0v) is 12.7. The number of piperidine rings is 2. The largest absolute Gasteiger partial charge is 0.356 e. The molecule has 20 heavy (non-hydrogen) atoms. The fourth-order valence-corrected chi connectivity index (χ4v) is 4.37. The molecule has 4 heteroatoms. The molecular formula is C16H29N3O. The van der Waals surface area contributed by atoms with Crippen molar-refractivity contribution in [3.8, 4) is 0 Å². The van der Waals surface area contributed by atoms with Crippen LogP contribution in [-0.4, -0.2) is 49.6 Å². The Bertz CT molecular complexity index is 335. The minimum atomic E-state index is 0.282. The average molecular weight is 279 g/mol. The molecule has 0 aromatic heterocycles. The normalized spacial score (nSPS) is 37.9. The molecule has 3 fully saturated rings. The van der Waals surface area contributed by atoms with E-state index in [-0.39, 0.29) is 5.91 Å². The summed E-state index contributed by atoms with van der Waals surface area (Å²) in [6, 6.07) is 1.39. The number of rotatable bonds is 4. The second kappa shape index (κ2) is 6.44. The van der Waals surface area contributed by atoms with Crippen LogP contribution in [0.3, 0.4) is 0 Å². The smallest absolute Gasteiger partial charge is 0.220 e. The minimum absolute atomic E-state index is 0.282. The van der Waals surface area contributed by atoms with Crippen LogP contribution in [0.2, 0.25) is 0 Å². The van der Waals surface area contributed by atoms with E-state index in [2.05, 4.69) is 22.6 Å². The van der Waals surface area contributed by atoms with Crippen LogP contribution in [0.15, 0.2) is 0 Å². The average Bonchev–Trinajstić information content (AvgIpc) is 2.76. The Morgan fingerprint density at radius 3 is 2.65 bits per heavy atom. The molecule has 0 aromatic rings. The zero-order valence-electron chi connectivity index (χ0n) is 12.7. The third-order valence-corrected chi connectivity index (χ3v) is 5.35. The molecule has 0 aromatic carbocycles. The predicted molar refractivity (Wildman–Crippen MR) is 80.5 cm³/mol. The number of fused-ring (bicyclic) bond motifs is 2. The van der Waals surface area contributed by atoms with Gasteiger partial charge in [-0.15, -0.1) is 0 Å². The van der Waals surface area contributed by atoms with Crippen molar-refractivity contribution in [1.29, 1.82) is 0 Å². The molecule has 3 aliphatic rings. The fourth-order valence-electron chi connectivity index (χ4n) is 4.37. The molecule has 3 aliphatic heterocycles. The Morgan fingerprint density at radius 2 is 1.95 bits per heavy atom. The molecule has 3 rings (SSSR count). The fraction of sp³-hybridized carbons (Fsp3) is 0.938. The van der Waals surface area contributed by atoms with Gasteiger partial charge in [0.1, 0.15) is 0 Å². The van der Waals surface area contributed by atoms with E-state index in [0.717, 1.165) is 19.5 Å². The van der Waals surface area contributed by atoms with Crippen molar-refractivity contribution in [2.75, 3.05) is 26.7 Å². The first-order chi connectivity index (χ1) is 9.69. The van der Waals surface area contributed by atoms with Gasteiger partial charge in [0.25, 0.3) is 0 Å². The number of hydrogen-bond acceptors (Lipinski definition) is 3. The van der Waals surface area contributed by atoms with Crippen molar-refractivity contribution in [2.45, 2.75) is 57.0 Å². The summed E-state index contributed by atoms with van der Waals surface area (Å²) in [5.74, 6) is 1.55. The van der Waals surface area contributed by atoms with Crippen molar-refractivity contribution >= 4 is 5.91 Å². The summed E-state index contributed by atoms with van der Waals surface area (Å²) in [5, 5.41) is 6.83. The highest BCUT2D eigenvalue weighted by Crippen LogP contribution is 2.32. The van der Waals surface area contributed by atoms with E-state index in [1.807, 2.05) is 0 Å². The van der Waals surface area contributed by atoms with Crippen LogP contribution < -0.4 is 10.6 Å². The Hall–Kier alpha value is -0.610. The molecule has 2 bridgehead atoms. The third kappa shape index (κ3) is 3.73. The molecule has 3 heterocycles. The number of carbonyl (C=O) groups is 1. The van der Waals surface area contributed by atoms with Crippen molar-refractivity contribution in [1.82, 2.24) is 15.5 Å². The van der Waals surface area contributed by atoms with Gasteiger partial charge in [-0.3, -0.25) is 4.79 Å². The molecule has 3 unspecified atom stereocenters. The van der Waals surface area contributed by atoms with Gasteiger partial charge in [-0.25, -0.2) is 0 Å². The van der Waals surface area contributed by atoms with Gasteiger partial charge in [-0.1, -0.05) is 0 Å². The van der Waals surface area contributed by atoms with Crippen LogP contribution in [0.25, 0.3) is 0 Å². The Labute approximate surface area is 122 Å². The number of hydrogen-bond donors (Lipinski definition) is 2. The number of carbonyl (C=O) groups excluding carboxylic acids is 1. The lowest BCUT2D eigenvalue weighted by atomic mass is 9.89. The quantitative estimate of drug-likeness (QED) is 0.817. The maximum atomic E-state index is 12.1. The summed E-state index contributed by atoms with van der Waals surface area (Å²) in [4.78, 5) is 14.5. The molecule has 4 nitrogen and oxygen atoms in total. The molecule has 0 aliphatic carbocycles. The molecule has 1 amide bonds. The summed E-state index contributed by atoms with van der Waals surface area (Å²) >= 11 is 0. The maximum absolute atomic E-state index is 12.1. The number of amides is 1. The van der Waals surface area contributed by atoms with Gasteiger partial charge in [0.2, 0.25) is 5.91 Å². The van der Waals surface area contributed by atoms with Crippen molar-refractivity contribution < 1.29 is 4.79 Å². The maximum Gasteiger partial charge on any atom is 0.220 e. The molecule has 114 valence electrons. The lowest BCUT2D eigenvalue weighted by Crippen LogP contribution is -2.41. The number of nitrogens with zero attached hydrogens (tertiary/aromatic N) is 1. The Morgan fingerprint density at radius 1 is 1.20 bits per heavy atom. The van der Waals surface area contributed by atoms with Crippen molar-refractivity contribution in [2.24, 2.45) is 11.8 Å². The molecule has 0 radical (unpaired) electrons. The van der Waals surface area contributed by atoms with Crippen molar-refractivity contribution in [3.05, 3.63) is 0 Å². The topological polar surface area (TPSA) is 44.4 Å². The van der Waals surface area contributed by atoms with E-state index in [4.69, 9.17) is 0 Å². The van der Waals surface area contributed by atoms with E-state index in [9.17, 15) is 4.79 Å². The zero-order chi connectivity index (χ0) is 13.9. The lowest BCUT2D eigenvalue weighted by molar-refractivity contribution is -0.122. The summed E-state index contributed by atoms with van der Waals surface area (Å²) in [5.41, 5.74) is 0. The number of likely N-dealkylation sites (tertiary alicyclic amines) is 1. The first-order valence-electron chi connectivity index (χ1n) is 8.40. The Kier molecular flexibility index (Phi) is 4.61. The van der Waals surface area contributed by atoms with Gasteiger partial charge in [-0.2, -0.15) is 0 Å². The Balaban J connectivity index is 1.37. The van der Waals surface area contributed by atoms with E-state index in [1.165, 1.54) is 45.1 Å². The van der Waals surface area contributed by atoms with Gasteiger partial charge in [0.05, 0.1) is 0 Å². The molecule has 3 saturated heterocycles. The van der Waals surface area contributed by atoms with E-state index in [1.54, 1.807) is 0 Å². The van der Waals surface area contributed by atoms with E-state index >= 15 is 0 Å². The third-order valence-electron chi connectivity index (χ3n) is 5.35. The van der Waals surface area contributed by atoms with E-state index < -0.39 is 0 Å². The van der Waals surface area contributed by atoms with Gasteiger partial charge < -0.3 is 15.5 Å². The van der Waals surface area contributed by atoms with Crippen LogP contribution in [0, 0.1) is 11.8 Å². The van der Waals surface area contributed by atoms with Crippen LogP contribution >= 0.6 is 0 Å². The van der Waals surface area contributed by atoms with Gasteiger partial charge in [0, 0.05) is 31.6 Å². The summed E-state index contributed by atoms with van der Waals surface area (Å²) in [7, 11) is 2.18. The summed E-state index contributed by atoms with van der Waals surface area (Å²) < 4.78 is 0. The minimum Gasteiger partial charge on any atom is -0.356 e. The van der Waals surface area contributed by atoms with Crippen LogP contribution in [-0.2, 0) is 4.79 Å².